The second-order valence-corrected chi connectivity index (χ2v) is 8.55. The highest BCUT2D eigenvalue weighted by atomic mass is 16.2. The molecule has 1 amide bonds. The lowest BCUT2D eigenvalue weighted by atomic mass is 9.73. The van der Waals surface area contributed by atoms with E-state index in [-0.39, 0.29) is 11.8 Å². The zero-order valence-electron chi connectivity index (χ0n) is 18.5. The highest BCUT2D eigenvalue weighted by molar-refractivity contribution is 6.35. The van der Waals surface area contributed by atoms with Crippen molar-refractivity contribution in [1.82, 2.24) is 15.1 Å². The van der Waals surface area contributed by atoms with Crippen LogP contribution in [0.15, 0.2) is 66.0 Å². The summed E-state index contributed by atoms with van der Waals surface area (Å²) in [5.74, 6) is 0.407. The maximum atomic E-state index is 12.9. The van der Waals surface area contributed by atoms with Crippen LogP contribution in [-0.2, 0) is 0 Å². The van der Waals surface area contributed by atoms with E-state index in [1.165, 1.54) is 0 Å². The molecule has 0 saturated carbocycles. The molecule has 1 fully saturated rings. The lowest BCUT2D eigenvalue weighted by Crippen LogP contribution is -2.40. The van der Waals surface area contributed by atoms with Gasteiger partial charge in [-0.25, -0.2) is 0 Å². The number of likely N-dealkylation sites (tertiary alicyclic amines) is 1. The number of nitrogens with zero attached hydrogens (tertiary/aromatic N) is 4. The Labute approximate surface area is 199 Å². The van der Waals surface area contributed by atoms with Crippen molar-refractivity contribution >= 4 is 25.0 Å². The van der Waals surface area contributed by atoms with Gasteiger partial charge in [0.05, 0.1) is 29.8 Å². The number of anilines is 1. The van der Waals surface area contributed by atoms with E-state index < -0.39 is 5.92 Å². The van der Waals surface area contributed by atoms with Crippen molar-refractivity contribution in [3.8, 4) is 12.1 Å². The molecule has 2 aliphatic heterocycles. The number of aromatic amines is 1. The predicted molar refractivity (Wildman–Crippen MR) is 128 cm³/mol. The number of aromatic nitrogens is 2. The quantitative estimate of drug-likeness (QED) is 0.604. The molecule has 2 radical (unpaired) electrons. The van der Waals surface area contributed by atoms with Gasteiger partial charge >= 0.3 is 0 Å². The van der Waals surface area contributed by atoms with Gasteiger partial charge in [0.25, 0.3) is 5.91 Å². The normalized spacial score (nSPS) is 17.9. The van der Waals surface area contributed by atoms with Crippen LogP contribution in [0.3, 0.4) is 0 Å². The minimum atomic E-state index is -0.424. The molecule has 5 rings (SSSR count). The van der Waals surface area contributed by atoms with Crippen LogP contribution in [0.1, 0.15) is 45.8 Å². The zero-order valence-corrected chi connectivity index (χ0v) is 18.5. The molecule has 8 heteroatoms. The van der Waals surface area contributed by atoms with Crippen molar-refractivity contribution in [2.45, 2.75) is 18.8 Å². The first-order valence-electron chi connectivity index (χ1n) is 11.2. The van der Waals surface area contributed by atoms with Crippen LogP contribution in [0, 0.1) is 28.6 Å². The fourth-order valence-corrected chi connectivity index (χ4v) is 4.96. The molecule has 0 bridgehead atoms. The van der Waals surface area contributed by atoms with Crippen LogP contribution in [-0.4, -0.2) is 41.9 Å². The summed E-state index contributed by atoms with van der Waals surface area (Å²) in [6.07, 6.45) is 3.16. The number of nitriles is 2. The smallest absolute Gasteiger partial charge is 0.253 e. The molecule has 1 saturated heterocycles. The van der Waals surface area contributed by atoms with Gasteiger partial charge in [-0.1, -0.05) is 35.8 Å². The van der Waals surface area contributed by atoms with E-state index >= 15 is 0 Å². The summed E-state index contributed by atoms with van der Waals surface area (Å²) < 4.78 is 0. The van der Waals surface area contributed by atoms with Gasteiger partial charge in [0.15, 0.2) is 0 Å². The molecule has 34 heavy (non-hydrogen) atoms. The number of H-pyrrole nitrogens is 1. The van der Waals surface area contributed by atoms with Gasteiger partial charge in [0, 0.05) is 41.4 Å². The van der Waals surface area contributed by atoms with Crippen LogP contribution in [0.25, 0.3) is 0 Å². The second-order valence-electron chi connectivity index (χ2n) is 8.55. The molecule has 1 atom stereocenters. The van der Waals surface area contributed by atoms with E-state index in [0.717, 1.165) is 29.9 Å². The highest BCUT2D eigenvalue weighted by Crippen LogP contribution is 2.43. The molecular weight excluding hydrogens is 423 g/mol. The first-order valence-corrected chi connectivity index (χ1v) is 11.2. The third-order valence-corrected chi connectivity index (χ3v) is 6.72. The standard InChI is InChI=1S/C26H21BN6O/c27-23-18(13-28)7-4-8-19(23)22-20(14-29)24(31-25-21(22)15-30-32-25)16-9-11-33(12-10-16)26(34)17-5-2-1-3-6-17/h1-8,15-16,22H,9-12H2,(H2,30,31,32). The molecule has 2 aromatic carbocycles. The second kappa shape index (κ2) is 8.92. The predicted octanol–water partition coefficient (Wildman–Crippen LogP) is 2.96. The SMILES string of the molecule is [B]c1c(C#N)cccc1C1C(C#N)=C(C2CCN(C(=O)c3ccccc3)CC2)Nc2[nH]ncc21. The Morgan fingerprint density at radius 1 is 1.03 bits per heavy atom. The summed E-state index contributed by atoms with van der Waals surface area (Å²) in [5, 5.41) is 30.3. The molecule has 164 valence electrons. The summed E-state index contributed by atoms with van der Waals surface area (Å²) in [7, 11) is 6.35. The number of piperidine rings is 1. The van der Waals surface area contributed by atoms with Crippen molar-refractivity contribution in [2.24, 2.45) is 5.92 Å². The van der Waals surface area contributed by atoms with Crippen LogP contribution in [0.2, 0.25) is 0 Å². The summed E-state index contributed by atoms with van der Waals surface area (Å²) in [6, 6.07) is 19.1. The molecule has 3 heterocycles. The number of nitrogens with one attached hydrogen (secondary N) is 2. The third-order valence-electron chi connectivity index (χ3n) is 6.72. The van der Waals surface area contributed by atoms with Crippen molar-refractivity contribution in [3.05, 3.63) is 88.3 Å². The van der Waals surface area contributed by atoms with Gasteiger partial charge in [0.1, 0.15) is 13.7 Å². The lowest BCUT2D eigenvalue weighted by molar-refractivity contribution is 0.0702. The Balaban J connectivity index is 1.47. The Bertz CT molecular complexity index is 1360. The van der Waals surface area contributed by atoms with Crippen LogP contribution < -0.4 is 10.8 Å². The van der Waals surface area contributed by atoms with Crippen molar-refractivity contribution in [2.75, 3.05) is 18.4 Å². The number of amides is 1. The lowest BCUT2D eigenvalue weighted by Gasteiger charge is -2.36. The first-order chi connectivity index (χ1) is 16.6. The number of benzene rings is 2. The van der Waals surface area contributed by atoms with Gasteiger partial charge in [-0.15, -0.1) is 0 Å². The number of rotatable bonds is 3. The maximum Gasteiger partial charge on any atom is 0.253 e. The number of fused-ring (bicyclic) bond motifs is 1. The molecule has 3 aromatic rings. The van der Waals surface area contributed by atoms with Crippen molar-refractivity contribution < 1.29 is 4.79 Å². The summed E-state index contributed by atoms with van der Waals surface area (Å²) in [4.78, 5) is 14.7. The first kappa shape index (κ1) is 21.5. The van der Waals surface area contributed by atoms with Gasteiger partial charge in [-0.05, 0) is 36.6 Å². The zero-order chi connectivity index (χ0) is 23.7. The Morgan fingerprint density at radius 3 is 2.50 bits per heavy atom. The van der Waals surface area contributed by atoms with Crippen molar-refractivity contribution in [1.29, 1.82) is 10.5 Å². The molecule has 0 spiro atoms. The van der Waals surface area contributed by atoms with Crippen LogP contribution in [0.5, 0.6) is 0 Å². The third kappa shape index (κ3) is 3.64. The Morgan fingerprint density at radius 2 is 1.79 bits per heavy atom. The Kier molecular flexibility index (Phi) is 5.65. The van der Waals surface area contributed by atoms with E-state index in [9.17, 15) is 15.3 Å². The Hall–Kier alpha value is -4.30. The highest BCUT2D eigenvalue weighted by Gasteiger charge is 2.36. The number of carbonyl (C=O) groups is 1. The van der Waals surface area contributed by atoms with Crippen LogP contribution in [0.4, 0.5) is 5.82 Å². The van der Waals surface area contributed by atoms with E-state index in [2.05, 4.69) is 27.7 Å². The van der Waals surface area contributed by atoms with Gasteiger partial charge in [-0.3, -0.25) is 9.89 Å². The molecule has 1 unspecified atom stereocenters. The molecule has 2 aliphatic rings. The van der Waals surface area contributed by atoms with Gasteiger partial charge in [0.2, 0.25) is 0 Å². The number of allylic oxidation sites excluding steroid dienone is 2. The number of carbonyl (C=O) groups excluding carboxylic acids is 1. The minimum absolute atomic E-state index is 0.0277. The van der Waals surface area contributed by atoms with E-state index in [4.69, 9.17) is 7.85 Å². The average Bonchev–Trinajstić information content (AvgIpc) is 3.36. The van der Waals surface area contributed by atoms with Crippen LogP contribution >= 0.6 is 0 Å². The van der Waals surface area contributed by atoms with E-state index in [1.807, 2.05) is 41.3 Å². The average molecular weight is 444 g/mol. The summed E-state index contributed by atoms with van der Waals surface area (Å²) >= 11 is 0. The summed E-state index contributed by atoms with van der Waals surface area (Å²) in [6.45, 7) is 1.21. The monoisotopic (exact) mass is 444 g/mol. The fraction of sp³-hybridized carbons (Fsp3) is 0.231. The topological polar surface area (TPSA) is 109 Å². The van der Waals surface area contributed by atoms with Crippen molar-refractivity contribution in [3.63, 3.8) is 0 Å². The fourth-order valence-electron chi connectivity index (χ4n) is 4.96. The molecule has 1 aromatic heterocycles. The number of hydrogen-bond donors (Lipinski definition) is 2. The minimum Gasteiger partial charge on any atom is -0.343 e. The summed E-state index contributed by atoms with van der Waals surface area (Å²) in [5.41, 5.74) is 4.38. The van der Waals surface area contributed by atoms with Gasteiger partial charge < -0.3 is 10.2 Å². The molecular formula is C26H21BN6O. The molecule has 0 aliphatic carbocycles. The van der Waals surface area contributed by atoms with E-state index in [1.54, 1.807) is 18.3 Å². The maximum absolute atomic E-state index is 12.9. The number of hydrogen-bond acceptors (Lipinski definition) is 5. The van der Waals surface area contributed by atoms with E-state index in [0.29, 0.717) is 40.8 Å². The van der Waals surface area contributed by atoms with Gasteiger partial charge in [-0.2, -0.15) is 15.6 Å². The molecule has 2 N–H and O–H groups in total. The largest absolute Gasteiger partial charge is 0.343 e. The molecule has 7 nitrogen and oxygen atoms in total.